The van der Waals surface area contributed by atoms with Crippen LogP contribution in [0.15, 0.2) is 72.9 Å². The first-order chi connectivity index (χ1) is 14.3. The molecule has 3 aromatic rings. The second-order valence-corrected chi connectivity index (χ2v) is 6.78. The molecule has 0 bridgehead atoms. The van der Waals surface area contributed by atoms with Gasteiger partial charge >= 0.3 is 6.03 Å². The summed E-state index contributed by atoms with van der Waals surface area (Å²) in [6.45, 7) is 3.24. The van der Waals surface area contributed by atoms with Crippen LogP contribution in [0.3, 0.4) is 0 Å². The van der Waals surface area contributed by atoms with Gasteiger partial charge in [0.05, 0.1) is 0 Å². The van der Waals surface area contributed by atoms with E-state index >= 15 is 0 Å². The van der Waals surface area contributed by atoms with Crippen molar-refractivity contribution in [2.24, 2.45) is 0 Å². The Morgan fingerprint density at radius 3 is 2.48 bits per heavy atom. The minimum absolute atomic E-state index is 0.0572. The minimum Gasteiger partial charge on any atom is -0.457 e. The molecule has 1 aliphatic rings. The number of carbonyl (C=O) groups is 1. The number of nitrogens with zero attached hydrogens (tertiary/aromatic N) is 4. The fourth-order valence-corrected chi connectivity index (χ4v) is 3.23. The van der Waals surface area contributed by atoms with Crippen LogP contribution in [-0.2, 0) is 6.54 Å². The van der Waals surface area contributed by atoms with Gasteiger partial charge in [-0.15, -0.1) is 5.10 Å². The van der Waals surface area contributed by atoms with Crippen LogP contribution in [-0.4, -0.2) is 47.3 Å². The molecule has 1 fully saturated rings. The molecule has 7 heteroatoms. The lowest BCUT2D eigenvalue weighted by atomic mass is 10.2. The minimum atomic E-state index is -0.0572. The van der Waals surface area contributed by atoms with Gasteiger partial charge in [0.1, 0.15) is 11.5 Å². The zero-order chi connectivity index (χ0) is 19.9. The van der Waals surface area contributed by atoms with Gasteiger partial charge in [-0.05, 0) is 42.0 Å². The lowest BCUT2D eigenvalue weighted by Crippen LogP contribution is -2.51. The lowest BCUT2D eigenvalue weighted by molar-refractivity contribution is 0.193. The summed E-state index contributed by atoms with van der Waals surface area (Å²) in [6, 6.07) is 21.2. The Morgan fingerprint density at radius 1 is 0.931 bits per heavy atom. The predicted octanol–water partition coefficient (Wildman–Crippen LogP) is 3.30. The number of carbonyl (C=O) groups excluding carboxylic acids is 1. The van der Waals surface area contributed by atoms with E-state index in [9.17, 15) is 4.79 Å². The van der Waals surface area contributed by atoms with Crippen LogP contribution in [0.25, 0.3) is 0 Å². The number of amides is 2. The van der Waals surface area contributed by atoms with Gasteiger partial charge in [0, 0.05) is 38.9 Å². The molecule has 0 atom stereocenters. The standard InChI is InChI=1S/C22H23N5O2/c28-22(27-14-12-26(13-15-27)21-10-5-11-24-25-21)23-17-18-6-4-9-20(16-18)29-19-7-2-1-3-8-19/h1-11,16H,12-15,17H2,(H,23,28). The van der Waals surface area contributed by atoms with Crippen molar-refractivity contribution in [3.8, 4) is 11.5 Å². The van der Waals surface area contributed by atoms with Crippen LogP contribution >= 0.6 is 0 Å². The third kappa shape index (κ3) is 5.01. The first kappa shape index (κ1) is 18.7. The summed E-state index contributed by atoms with van der Waals surface area (Å²) in [5.74, 6) is 2.39. The number of hydrogen-bond acceptors (Lipinski definition) is 5. The van der Waals surface area contributed by atoms with Crippen molar-refractivity contribution < 1.29 is 9.53 Å². The molecule has 0 radical (unpaired) electrons. The monoisotopic (exact) mass is 389 g/mol. The molecule has 0 spiro atoms. The molecule has 0 unspecified atom stereocenters. The number of hydrogen-bond donors (Lipinski definition) is 1. The Bertz CT molecular complexity index is 928. The summed E-state index contributed by atoms with van der Waals surface area (Å²) < 4.78 is 5.86. The Morgan fingerprint density at radius 2 is 1.72 bits per heavy atom. The topological polar surface area (TPSA) is 70.6 Å². The van der Waals surface area contributed by atoms with Crippen LogP contribution in [0.4, 0.5) is 10.6 Å². The van der Waals surface area contributed by atoms with Crippen LogP contribution in [0, 0.1) is 0 Å². The number of rotatable bonds is 5. The number of para-hydroxylation sites is 1. The third-order valence-electron chi connectivity index (χ3n) is 4.77. The van der Waals surface area contributed by atoms with Crippen molar-refractivity contribution in [2.45, 2.75) is 6.54 Å². The average Bonchev–Trinajstić information content (AvgIpc) is 2.79. The Balaban J connectivity index is 1.27. The first-order valence-corrected chi connectivity index (χ1v) is 9.65. The van der Waals surface area contributed by atoms with E-state index in [1.807, 2.05) is 71.6 Å². The maximum absolute atomic E-state index is 12.5. The van der Waals surface area contributed by atoms with E-state index in [4.69, 9.17) is 4.74 Å². The van der Waals surface area contributed by atoms with Crippen LogP contribution < -0.4 is 15.0 Å². The molecule has 7 nitrogen and oxygen atoms in total. The quantitative estimate of drug-likeness (QED) is 0.725. The molecule has 1 saturated heterocycles. The lowest BCUT2D eigenvalue weighted by Gasteiger charge is -2.35. The zero-order valence-corrected chi connectivity index (χ0v) is 16.1. The van der Waals surface area contributed by atoms with Crippen molar-refractivity contribution in [3.63, 3.8) is 0 Å². The largest absolute Gasteiger partial charge is 0.457 e. The third-order valence-corrected chi connectivity index (χ3v) is 4.77. The molecule has 0 aliphatic carbocycles. The molecule has 4 rings (SSSR count). The van der Waals surface area contributed by atoms with E-state index in [0.717, 1.165) is 36.0 Å². The van der Waals surface area contributed by atoms with E-state index in [2.05, 4.69) is 20.4 Å². The highest BCUT2D eigenvalue weighted by Gasteiger charge is 2.21. The highest BCUT2D eigenvalue weighted by atomic mass is 16.5. The fourth-order valence-electron chi connectivity index (χ4n) is 3.23. The van der Waals surface area contributed by atoms with Crippen molar-refractivity contribution in [3.05, 3.63) is 78.5 Å². The maximum Gasteiger partial charge on any atom is 0.317 e. The van der Waals surface area contributed by atoms with Crippen LogP contribution in [0.2, 0.25) is 0 Å². The molecular weight excluding hydrogens is 366 g/mol. The molecule has 2 amide bonds. The summed E-state index contributed by atoms with van der Waals surface area (Å²) in [5.41, 5.74) is 0.991. The van der Waals surface area contributed by atoms with Gasteiger partial charge in [0.25, 0.3) is 0 Å². The van der Waals surface area contributed by atoms with E-state index in [1.54, 1.807) is 6.20 Å². The van der Waals surface area contributed by atoms with Crippen molar-refractivity contribution in [1.29, 1.82) is 0 Å². The number of nitrogens with one attached hydrogen (secondary N) is 1. The number of benzene rings is 2. The molecule has 2 heterocycles. The zero-order valence-electron chi connectivity index (χ0n) is 16.1. The number of aromatic nitrogens is 2. The molecule has 2 aromatic carbocycles. The number of ether oxygens (including phenoxy) is 1. The SMILES string of the molecule is O=C(NCc1cccc(Oc2ccccc2)c1)N1CCN(c2cccnn2)CC1. The predicted molar refractivity (Wildman–Crippen MR) is 111 cm³/mol. The van der Waals surface area contributed by atoms with Gasteiger partial charge in [-0.2, -0.15) is 5.10 Å². The van der Waals surface area contributed by atoms with Crippen LogP contribution in [0.5, 0.6) is 11.5 Å². The van der Waals surface area contributed by atoms with Gasteiger partial charge in [0.2, 0.25) is 0 Å². The molecule has 0 saturated carbocycles. The highest BCUT2D eigenvalue weighted by molar-refractivity contribution is 5.74. The number of urea groups is 1. The highest BCUT2D eigenvalue weighted by Crippen LogP contribution is 2.21. The molecule has 148 valence electrons. The average molecular weight is 389 g/mol. The van der Waals surface area contributed by atoms with E-state index in [-0.39, 0.29) is 6.03 Å². The maximum atomic E-state index is 12.5. The Labute approximate surface area is 169 Å². The first-order valence-electron chi connectivity index (χ1n) is 9.65. The normalized spacial score (nSPS) is 13.8. The van der Waals surface area contributed by atoms with Gasteiger partial charge in [0.15, 0.2) is 5.82 Å². The van der Waals surface area contributed by atoms with Gasteiger partial charge < -0.3 is 19.9 Å². The van der Waals surface area contributed by atoms with E-state index in [0.29, 0.717) is 19.6 Å². The van der Waals surface area contributed by atoms with Gasteiger partial charge in [-0.1, -0.05) is 30.3 Å². The molecular formula is C22H23N5O2. The molecule has 1 aromatic heterocycles. The van der Waals surface area contributed by atoms with E-state index in [1.165, 1.54) is 0 Å². The molecule has 1 aliphatic heterocycles. The Kier molecular flexibility index (Phi) is 5.85. The van der Waals surface area contributed by atoms with Crippen molar-refractivity contribution in [1.82, 2.24) is 20.4 Å². The van der Waals surface area contributed by atoms with Gasteiger partial charge in [-0.25, -0.2) is 4.79 Å². The summed E-state index contributed by atoms with van der Waals surface area (Å²) in [6.07, 6.45) is 1.66. The summed E-state index contributed by atoms with van der Waals surface area (Å²) >= 11 is 0. The second-order valence-electron chi connectivity index (χ2n) is 6.78. The summed E-state index contributed by atoms with van der Waals surface area (Å²) in [4.78, 5) is 16.5. The van der Waals surface area contributed by atoms with Crippen molar-refractivity contribution >= 4 is 11.8 Å². The van der Waals surface area contributed by atoms with E-state index < -0.39 is 0 Å². The second kappa shape index (κ2) is 9.05. The van der Waals surface area contributed by atoms with Gasteiger partial charge in [-0.3, -0.25) is 0 Å². The summed E-state index contributed by atoms with van der Waals surface area (Å²) in [5, 5.41) is 11.0. The molecule has 29 heavy (non-hydrogen) atoms. The van der Waals surface area contributed by atoms with Crippen molar-refractivity contribution in [2.75, 3.05) is 31.1 Å². The smallest absolute Gasteiger partial charge is 0.317 e. The fraction of sp³-hybridized carbons (Fsp3) is 0.227. The summed E-state index contributed by atoms with van der Waals surface area (Å²) in [7, 11) is 0. The number of anilines is 1. The molecule has 1 N–H and O–H groups in total. The Hall–Kier alpha value is -3.61. The number of piperazine rings is 1. The van der Waals surface area contributed by atoms with Crippen LogP contribution in [0.1, 0.15) is 5.56 Å².